The number of rotatable bonds is 5. The molecule has 1 aliphatic heterocycles. The van der Waals surface area contributed by atoms with E-state index in [0.717, 1.165) is 23.2 Å². The van der Waals surface area contributed by atoms with Gasteiger partial charge in [0.25, 0.3) is 0 Å². The van der Waals surface area contributed by atoms with Crippen molar-refractivity contribution < 1.29 is 13.2 Å². The second kappa shape index (κ2) is 6.79. The van der Waals surface area contributed by atoms with Crippen LogP contribution >= 0.6 is 0 Å². The van der Waals surface area contributed by atoms with Crippen LogP contribution in [-0.4, -0.2) is 30.9 Å². The van der Waals surface area contributed by atoms with Crippen LogP contribution in [0.4, 0.5) is 5.69 Å². The van der Waals surface area contributed by atoms with Crippen molar-refractivity contribution >= 4 is 21.6 Å². The first-order chi connectivity index (χ1) is 10.3. The first-order valence-electron chi connectivity index (χ1n) is 7.74. The Hall–Kier alpha value is -1.40. The maximum Gasteiger partial charge on any atom is 0.226 e. The van der Waals surface area contributed by atoms with Gasteiger partial charge in [-0.2, -0.15) is 4.31 Å². The summed E-state index contributed by atoms with van der Waals surface area (Å²) < 4.78 is 26.0. The summed E-state index contributed by atoms with van der Waals surface area (Å²) in [5.41, 5.74) is 2.87. The Labute approximate surface area is 132 Å². The van der Waals surface area contributed by atoms with Gasteiger partial charge in [0, 0.05) is 24.7 Å². The first-order valence-corrected chi connectivity index (χ1v) is 9.35. The number of carbonyl (C=O) groups excluding carboxylic acids is 1. The van der Waals surface area contributed by atoms with Gasteiger partial charge in [0.15, 0.2) is 0 Å². The molecule has 0 saturated carbocycles. The molecule has 0 radical (unpaired) electrons. The monoisotopic (exact) mass is 324 g/mol. The lowest BCUT2D eigenvalue weighted by Crippen LogP contribution is -2.37. The molecule has 0 fully saturated rings. The molecule has 0 saturated heterocycles. The highest BCUT2D eigenvalue weighted by atomic mass is 32.2. The Morgan fingerprint density at radius 1 is 1.32 bits per heavy atom. The quantitative estimate of drug-likeness (QED) is 0.904. The van der Waals surface area contributed by atoms with E-state index < -0.39 is 10.0 Å². The van der Waals surface area contributed by atoms with Crippen molar-refractivity contribution in [3.63, 3.8) is 0 Å². The molecule has 0 aromatic heterocycles. The molecular weight excluding hydrogens is 300 g/mol. The largest absolute Gasteiger partial charge is 0.326 e. The summed E-state index contributed by atoms with van der Waals surface area (Å²) in [5, 5.41) is 2.86. The summed E-state index contributed by atoms with van der Waals surface area (Å²) in [6.45, 7) is 6.48. The average Bonchev–Trinajstić information content (AvgIpc) is 2.46. The number of nitrogens with zero attached hydrogens (tertiary/aromatic N) is 1. The molecule has 1 aliphatic rings. The first kappa shape index (κ1) is 17.0. The Kier molecular flexibility index (Phi) is 5.24. The lowest BCUT2D eigenvalue weighted by molar-refractivity contribution is -0.118. The van der Waals surface area contributed by atoms with Crippen molar-refractivity contribution in [2.24, 2.45) is 5.92 Å². The van der Waals surface area contributed by atoms with E-state index in [1.807, 2.05) is 39.0 Å². The predicted octanol–water partition coefficient (Wildman–Crippen LogP) is 2.38. The van der Waals surface area contributed by atoms with Gasteiger partial charge in [0.2, 0.25) is 15.9 Å². The van der Waals surface area contributed by atoms with Crippen molar-refractivity contribution in [3.8, 4) is 0 Å². The minimum absolute atomic E-state index is 0.0359. The van der Waals surface area contributed by atoms with Crippen LogP contribution in [0.3, 0.4) is 0 Å². The Bertz CT molecular complexity index is 653. The number of hydrogen-bond acceptors (Lipinski definition) is 3. The minimum atomic E-state index is -3.18. The standard InChI is InChI=1S/C16H24N2O3S/c1-4-9-22(20,21)18-8-7-13-5-6-15(10-14(13)11-18)17-16(19)12(2)3/h5-6,10,12H,4,7-9,11H2,1-3H3,(H,17,19). The SMILES string of the molecule is CCCS(=O)(=O)N1CCc2ccc(NC(=O)C(C)C)cc2C1. The molecule has 122 valence electrons. The van der Waals surface area contributed by atoms with E-state index in [9.17, 15) is 13.2 Å². The zero-order valence-electron chi connectivity index (χ0n) is 13.4. The molecule has 2 rings (SSSR count). The van der Waals surface area contributed by atoms with Crippen LogP contribution in [0.5, 0.6) is 0 Å². The van der Waals surface area contributed by atoms with E-state index in [-0.39, 0.29) is 17.6 Å². The van der Waals surface area contributed by atoms with E-state index in [1.54, 1.807) is 4.31 Å². The highest BCUT2D eigenvalue weighted by Crippen LogP contribution is 2.25. The van der Waals surface area contributed by atoms with Gasteiger partial charge in [-0.15, -0.1) is 0 Å². The molecule has 0 spiro atoms. The van der Waals surface area contributed by atoms with Crippen LogP contribution in [0, 0.1) is 5.92 Å². The van der Waals surface area contributed by atoms with Gasteiger partial charge in [-0.05, 0) is 36.1 Å². The van der Waals surface area contributed by atoms with Crippen LogP contribution in [0.1, 0.15) is 38.3 Å². The van der Waals surface area contributed by atoms with Crippen LogP contribution in [0.2, 0.25) is 0 Å². The number of anilines is 1. The number of benzene rings is 1. The molecule has 1 aromatic carbocycles. The van der Waals surface area contributed by atoms with Crippen LogP contribution in [-0.2, 0) is 27.8 Å². The second-order valence-corrected chi connectivity index (χ2v) is 8.12. The molecule has 0 bridgehead atoms. The summed E-state index contributed by atoms with van der Waals surface area (Å²) in [4.78, 5) is 11.8. The van der Waals surface area contributed by atoms with Crippen molar-refractivity contribution in [3.05, 3.63) is 29.3 Å². The summed E-state index contributed by atoms with van der Waals surface area (Å²) in [6, 6.07) is 5.76. The fraction of sp³-hybridized carbons (Fsp3) is 0.562. The van der Waals surface area contributed by atoms with Crippen LogP contribution < -0.4 is 5.32 Å². The van der Waals surface area contributed by atoms with Gasteiger partial charge in [-0.3, -0.25) is 4.79 Å². The Morgan fingerprint density at radius 3 is 2.68 bits per heavy atom. The molecule has 6 heteroatoms. The summed E-state index contributed by atoms with van der Waals surface area (Å²) in [5.74, 6) is 0.0650. The van der Waals surface area contributed by atoms with Crippen LogP contribution in [0.25, 0.3) is 0 Å². The van der Waals surface area contributed by atoms with E-state index >= 15 is 0 Å². The molecule has 0 aliphatic carbocycles. The Morgan fingerprint density at radius 2 is 2.05 bits per heavy atom. The van der Waals surface area contributed by atoms with Gasteiger partial charge in [-0.1, -0.05) is 26.8 Å². The number of sulfonamides is 1. The molecule has 1 N–H and O–H groups in total. The van der Waals surface area contributed by atoms with Gasteiger partial charge >= 0.3 is 0 Å². The molecule has 5 nitrogen and oxygen atoms in total. The number of fused-ring (bicyclic) bond motifs is 1. The molecule has 22 heavy (non-hydrogen) atoms. The average molecular weight is 324 g/mol. The van der Waals surface area contributed by atoms with Gasteiger partial charge in [0.05, 0.1) is 5.75 Å². The zero-order valence-corrected chi connectivity index (χ0v) is 14.2. The molecule has 1 aromatic rings. The predicted molar refractivity (Wildman–Crippen MR) is 88.1 cm³/mol. The normalized spacial score (nSPS) is 15.6. The molecule has 0 unspecified atom stereocenters. The maximum absolute atomic E-state index is 12.2. The second-order valence-electron chi connectivity index (χ2n) is 6.03. The van der Waals surface area contributed by atoms with Gasteiger partial charge < -0.3 is 5.32 Å². The number of amides is 1. The van der Waals surface area contributed by atoms with Crippen LogP contribution in [0.15, 0.2) is 18.2 Å². The van der Waals surface area contributed by atoms with E-state index in [2.05, 4.69) is 5.32 Å². The number of hydrogen-bond donors (Lipinski definition) is 1. The summed E-state index contributed by atoms with van der Waals surface area (Å²) in [6.07, 6.45) is 1.34. The smallest absolute Gasteiger partial charge is 0.226 e. The summed E-state index contributed by atoms with van der Waals surface area (Å²) in [7, 11) is -3.18. The van der Waals surface area contributed by atoms with Gasteiger partial charge in [-0.25, -0.2) is 8.42 Å². The van der Waals surface area contributed by atoms with Crippen molar-refractivity contribution in [2.45, 2.75) is 40.2 Å². The van der Waals surface area contributed by atoms with E-state index in [1.165, 1.54) is 0 Å². The lowest BCUT2D eigenvalue weighted by Gasteiger charge is -2.28. The van der Waals surface area contributed by atoms with E-state index in [0.29, 0.717) is 19.5 Å². The highest BCUT2D eigenvalue weighted by molar-refractivity contribution is 7.89. The van der Waals surface area contributed by atoms with E-state index in [4.69, 9.17) is 0 Å². The van der Waals surface area contributed by atoms with Crippen molar-refractivity contribution in [2.75, 3.05) is 17.6 Å². The van der Waals surface area contributed by atoms with Crippen molar-refractivity contribution in [1.29, 1.82) is 0 Å². The minimum Gasteiger partial charge on any atom is -0.326 e. The third-order valence-corrected chi connectivity index (χ3v) is 5.85. The maximum atomic E-state index is 12.2. The Balaban J connectivity index is 2.18. The fourth-order valence-corrected chi connectivity index (χ4v) is 4.00. The highest BCUT2D eigenvalue weighted by Gasteiger charge is 2.26. The van der Waals surface area contributed by atoms with Crippen molar-refractivity contribution in [1.82, 2.24) is 4.31 Å². The topological polar surface area (TPSA) is 66.5 Å². The number of nitrogens with one attached hydrogen (secondary N) is 1. The molecular formula is C16H24N2O3S. The number of carbonyl (C=O) groups is 1. The molecule has 0 atom stereocenters. The summed E-state index contributed by atoms with van der Waals surface area (Å²) >= 11 is 0. The lowest BCUT2D eigenvalue weighted by atomic mass is 10.0. The molecule has 1 amide bonds. The third-order valence-electron chi connectivity index (χ3n) is 3.83. The third kappa shape index (κ3) is 3.87. The fourth-order valence-electron chi connectivity index (χ4n) is 2.52. The molecule has 1 heterocycles. The zero-order chi connectivity index (χ0) is 16.3. The van der Waals surface area contributed by atoms with Gasteiger partial charge in [0.1, 0.15) is 0 Å².